The van der Waals surface area contributed by atoms with E-state index in [0.29, 0.717) is 12.0 Å². The molecule has 0 amide bonds. The van der Waals surface area contributed by atoms with Crippen LogP contribution in [-0.2, 0) is 9.47 Å². The first kappa shape index (κ1) is 15.7. The van der Waals surface area contributed by atoms with E-state index in [9.17, 15) is 0 Å². The number of fused-ring (bicyclic) bond motifs is 1. The number of ether oxygens (including phenoxy) is 2. The summed E-state index contributed by atoms with van der Waals surface area (Å²) >= 11 is 0. The molecule has 0 aromatic carbocycles. The van der Waals surface area contributed by atoms with Gasteiger partial charge in [0.1, 0.15) is 0 Å². The molecule has 4 nitrogen and oxygen atoms in total. The minimum absolute atomic E-state index is 0.0769. The summed E-state index contributed by atoms with van der Waals surface area (Å²) in [6.07, 6.45) is 6.55. The number of rotatable bonds is 8. The molecule has 1 aliphatic heterocycles. The molecule has 3 atom stereocenters. The topological polar surface area (TPSA) is 56.5 Å². The molecule has 0 spiro atoms. The van der Waals surface area contributed by atoms with E-state index in [0.717, 1.165) is 51.7 Å². The molecule has 2 aliphatic carbocycles. The van der Waals surface area contributed by atoms with Gasteiger partial charge >= 0.3 is 0 Å². The van der Waals surface area contributed by atoms with Gasteiger partial charge in [-0.05, 0) is 44.6 Å². The van der Waals surface area contributed by atoms with Gasteiger partial charge in [0.05, 0.1) is 6.10 Å². The lowest BCUT2D eigenvalue weighted by Gasteiger charge is -2.66. The highest BCUT2D eigenvalue weighted by atomic mass is 16.5. The average Bonchev–Trinajstić information content (AvgIpc) is 3.30. The Morgan fingerprint density at radius 2 is 2.10 bits per heavy atom. The van der Waals surface area contributed by atoms with Gasteiger partial charge in [-0.2, -0.15) is 0 Å². The van der Waals surface area contributed by atoms with Gasteiger partial charge in [0, 0.05) is 43.2 Å². The largest absolute Gasteiger partial charge is 0.381 e. The first-order valence-corrected chi connectivity index (χ1v) is 8.74. The highest BCUT2D eigenvalue weighted by Crippen LogP contribution is 2.56. The second kappa shape index (κ2) is 6.15. The molecule has 122 valence electrons. The van der Waals surface area contributed by atoms with Crippen LogP contribution in [0.25, 0.3) is 0 Å². The highest BCUT2D eigenvalue weighted by Gasteiger charge is 2.65. The van der Waals surface area contributed by atoms with E-state index in [1.165, 1.54) is 19.3 Å². The summed E-state index contributed by atoms with van der Waals surface area (Å²) in [7, 11) is 0. The van der Waals surface area contributed by atoms with E-state index >= 15 is 0 Å². The van der Waals surface area contributed by atoms with Crippen molar-refractivity contribution in [3.05, 3.63) is 0 Å². The van der Waals surface area contributed by atoms with Crippen molar-refractivity contribution >= 4 is 0 Å². The first-order chi connectivity index (χ1) is 10.1. The Morgan fingerprint density at radius 3 is 2.86 bits per heavy atom. The van der Waals surface area contributed by atoms with E-state index in [1.807, 2.05) is 0 Å². The van der Waals surface area contributed by atoms with E-state index in [1.54, 1.807) is 0 Å². The Balaban J connectivity index is 1.35. The molecule has 0 radical (unpaired) electrons. The lowest BCUT2D eigenvalue weighted by atomic mass is 9.46. The zero-order valence-electron chi connectivity index (χ0n) is 13.7. The molecular formula is C17H32N2O2. The van der Waals surface area contributed by atoms with Gasteiger partial charge < -0.3 is 20.5 Å². The molecule has 0 aromatic rings. The molecule has 0 aromatic heterocycles. The van der Waals surface area contributed by atoms with Crippen molar-refractivity contribution in [2.24, 2.45) is 23.0 Å². The van der Waals surface area contributed by atoms with E-state index < -0.39 is 0 Å². The van der Waals surface area contributed by atoms with Crippen LogP contribution >= 0.6 is 0 Å². The predicted molar refractivity (Wildman–Crippen MR) is 84.2 cm³/mol. The van der Waals surface area contributed by atoms with Crippen molar-refractivity contribution in [3.8, 4) is 0 Å². The molecule has 0 bridgehead atoms. The minimum atomic E-state index is -0.118. The van der Waals surface area contributed by atoms with Crippen LogP contribution < -0.4 is 11.1 Å². The molecule has 3 unspecified atom stereocenters. The minimum Gasteiger partial charge on any atom is -0.381 e. The lowest BCUT2D eigenvalue weighted by Crippen LogP contribution is -2.80. The summed E-state index contributed by atoms with van der Waals surface area (Å²) < 4.78 is 11.6. The van der Waals surface area contributed by atoms with Crippen molar-refractivity contribution < 1.29 is 9.47 Å². The zero-order valence-corrected chi connectivity index (χ0v) is 13.7. The first-order valence-electron chi connectivity index (χ1n) is 8.74. The Hall–Kier alpha value is -0.160. The number of nitrogens with two attached hydrogens (primary N) is 1. The molecular weight excluding hydrogens is 264 g/mol. The molecule has 3 aliphatic rings. The summed E-state index contributed by atoms with van der Waals surface area (Å²) in [6, 6.07) is 0. The highest BCUT2D eigenvalue weighted by molar-refractivity contribution is 5.20. The molecule has 1 saturated heterocycles. The van der Waals surface area contributed by atoms with Crippen LogP contribution in [0.4, 0.5) is 0 Å². The van der Waals surface area contributed by atoms with Crippen molar-refractivity contribution in [1.29, 1.82) is 0 Å². The smallest absolute Gasteiger partial charge is 0.0690 e. The monoisotopic (exact) mass is 296 g/mol. The van der Waals surface area contributed by atoms with Crippen LogP contribution in [0, 0.1) is 17.3 Å². The van der Waals surface area contributed by atoms with Crippen LogP contribution in [-0.4, -0.2) is 44.6 Å². The molecule has 4 heteroatoms. The maximum absolute atomic E-state index is 6.75. The predicted octanol–water partition coefficient (Wildman–Crippen LogP) is 1.93. The van der Waals surface area contributed by atoms with E-state index in [2.05, 4.69) is 19.2 Å². The lowest BCUT2D eigenvalue weighted by molar-refractivity contribution is -0.225. The van der Waals surface area contributed by atoms with Gasteiger partial charge in [-0.3, -0.25) is 0 Å². The van der Waals surface area contributed by atoms with E-state index in [-0.39, 0.29) is 11.0 Å². The molecule has 3 rings (SSSR count). The normalized spacial score (nSPS) is 37.9. The summed E-state index contributed by atoms with van der Waals surface area (Å²) in [5, 5.41) is 3.56. The Labute approximate surface area is 129 Å². The maximum atomic E-state index is 6.75. The van der Waals surface area contributed by atoms with Crippen molar-refractivity contribution in [2.75, 3.05) is 32.9 Å². The molecule has 3 N–H and O–H groups in total. The Kier molecular flexibility index (Phi) is 4.60. The fraction of sp³-hybridized carbons (Fsp3) is 1.00. The number of nitrogens with one attached hydrogen (secondary N) is 1. The van der Waals surface area contributed by atoms with Gasteiger partial charge in [0.2, 0.25) is 0 Å². The van der Waals surface area contributed by atoms with Crippen molar-refractivity contribution in [1.82, 2.24) is 5.32 Å². The van der Waals surface area contributed by atoms with Gasteiger partial charge in [-0.25, -0.2) is 0 Å². The van der Waals surface area contributed by atoms with Crippen molar-refractivity contribution in [3.63, 3.8) is 0 Å². The molecule has 3 fully saturated rings. The van der Waals surface area contributed by atoms with Crippen molar-refractivity contribution in [2.45, 2.75) is 57.6 Å². The van der Waals surface area contributed by atoms with Crippen LogP contribution in [0.15, 0.2) is 0 Å². The molecule has 2 saturated carbocycles. The van der Waals surface area contributed by atoms with Crippen LogP contribution in [0.2, 0.25) is 0 Å². The summed E-state index contributed by atoms with van der Waals surface area (Å²) in [5.74, 6) is 1.39. The fourth-order valence-corrected chi connectivity index (χ4v) is 4.15. The Bertz CT molecular complexity index is 357. The SMILES string of the molecule is CC1(C)C2OCCCC2C1(N)CNCCCOCC1CC1. The standard InChI is InChI=1S/C17H32N2O2/c1-16(2)15-14(5-3-10-21-15)17(16,18)12-19-8-4-9-20-11-13-6-7-13/h13-15,19H,3-12,18H2,1-2H3. The van der Waals surface area contributed by atoms with Gasteiger partial charge in [-0.15, -0.1) is 0 Å². The van der Waals surface area contributed by atoms with Gasteiger partial charge in [0.15, 0.2) is 0 Å². The third-order valence-electron chi connectivity index (χ3n) is 6.01. The fourth-order valence-electron chi connectivity index (χ4n) is 4.15. The third kappa shape index (κ3) is 3.00. The Morgan fingerprint density at radius 1 is 1.29 bits per heavy atom. The van der Waals surface area contributed by atoms with Crippen LogP contribution in [0.3, 0.4) is 0 Å². The number of hydrogen-bond donors (Lipinski definition) is 2. The summed E-state index contributed by atoms with van der Waals surface area (Å²) in [4.78, 5) is 0. The summed E-state index contributed by atoms with van der Waals surface area (Å²) in [6.45, 7) is 9.17. The van der Waals surface area contributed by atoms with Crippen LogP contribution in [0.1, 0.15) is 46.0 Å². The summed E-state index contributed by atoms with van der Waals surface area (Å²) in [5.41, 5.74) is 6.71. The zero-order chi connectivity index (χ0) is 14.9. The third-order valence-corrected chi connectivity index (χ3v) is 6.01. The molecule has 21 heavy (non-hydrogen) atoms. The number of hydrogen-bond acceptors (Lipinski definition) is 4. The maximum Gasteiger partial charge on any atom is 0.0690 e. The van der Waals surface area contributed by atoms with Gasteiger partial charge in [-0.1, -0.05) is 13.8 Å². The van der Waals surface area contributed by atoms with E-state index in [4.69, 9.17) is 15.2 Å². The quantitative estimate of drug-likeness (QED) is 0.672. The second-order valence-corrected chi connectivity index (χ2v) is 7.85. The van der Waals surface area contributed by atoms with Gasteiger partial charge in [0.25, 0.3) is 0 Å². The van der Waals surface area contributed by atoms with Crippen LogP contribution in [0.5, 0.6) is 0 Å². The average molecular weight is 296 g/mol. The molecule has 1 heterocycles. The second-order valence-electron chi connectivity index (χ2n) is 7.85.